The van der Waals surface area contributed by atoms with Crippen LogP contribution in [-0.4, -0.2) is 135 Å². The van der Waals surface area contributed by atoms with Gasteiger partial charge in [0.2, 0.25) is 5.79 Å². The number of hydrogen-bond donors (Lipinski definition) is 6. The standard InChI is InChI=1S/C59H88N2O12/c1-34-17-12-11-13-18-35(2)45(46-33-60-52-36(3)19-16-20-44(46)52)31-43-24-22-41(8)59(69,73-43)56(66)57(67)61-26-15-14-21-47(61)58(68)72-50(38(5)29-42-23-25-48(62)51(30-42)70-9)32-49(63)37(4)28-40(7)54(65)55(71-10)53(64)39(6)27-34/h11-13,16-20,28,33-34,37-39,41-43,45,47-51,53-55,60,62-65,69H,14-15,21-27,29-32H2,1-10H3/b13-11-,17-12-,35-18-,40-28-/t34-,37-,38-,39-,41-,42+,43+,45-,47+,48-,49?,50?,51-,53?,54-,55+,59-/m1/s1. The zero-order chi connectivity index (χ0) is 53.3. The molecule has 406 valence electrons. The van der Waals surface area contributed by atoms with Crippen molar-refractivity contribution in [1.82, 2.24) is 9.88 Å². The molecular weight excluding hydrogens is 929 g/mol. The van der Waals surface area contributed by atoms with Crippen molar-refractivity contribution in [3.8, 4) is 0 Å². The maximum Gasteiger partial charge on any atom is 0.329 e. The highest BCUT2D eigenvalue weighted by atomic mass is 16.6. The number of Topliss-reactive ketones (excluding diaryl/α,β-unsaturated/α-hetero) is 1. The summed E-state index contributed by atoms with van der Waals surface area (Å²) in [5, 5.41) is 59.1. The van der Waals surface area contributed by atoms with Gasteiger partial charge in [0.15, 0.2) is 0 Å². The minimum atomic E-state index is -2.44. The number of aryl methyl sites for hydroxylation is 1. The molecule has 1 aliphatic carbocycles. The molecule has 1 saturated carbocycles. The zero-order valence-electron chi connectivity index (χ0n) is 45.2. The number of nitrogens with zero attached hydrogens (tertiary/aromatic N) is 1. The number of amides is 1. The highest BCUT2D eigenvalue weighted by molar-refractivity contribution is 6.39. The van der Waals surface area contributed by atoms with Gasteiger partial charge in [-0.05, 0) is 132 Å². The van der Waals surface area contributed by atoms with Crippen LogP contribution in [0.4, 0.5) is 0 Å². The lowest BCUT2D eigenvalue weighted by molar-refractivity contribution is -0.264. The molecule has 14 nitrogen and oxygen atoms in total. The Labute approximate surface area is 434 Å². The number of piperidine rings is 1. The van der Waals surface area contributed by atoms with E-state index in [1.807, 2.05) is 51.3 Å². The molecule has 2 aromatic rings. The molecule has 73 heavy (non-hydrogen) atoms. The highest BCUT2D eigenvalue weighted by Gasteiger charge is 2.53. The van der Waals surface area contributed by atoms with Crippen LogP contribution in [0.1, 0.15) is 143 Å². The number of aliphatic hydroxyl groups excluding tert-OH is 4. The van der Waals surface area contributed by atoms with E-state index in [0.29, 0.717) is 63.4 Å². The van der Waals surface area contributed by atoms with Crippen LogP contribution >= 0.6 is 0 Å². The SMILES string of the molecule is CO[C@@H]1C[C@H](C[C@@H](C)C2CC(O)[C@H](C)/C=C(/C)[C@@H](O)[C@@H](OC)C(O)[C@H](C)C[C@H](C)\C=C/C=C\C=C(\C)[C@H](c3c[nH]c4c(C)cccc34)C[C@@H]3CC[C@@H](C)[C@@](O)(O3)C(=O)C(=O)N3CCCC[C@H]3C(=O)O2)CC[C@H]1O. The number of ketones is 1. The van der Waals surface area contributed by atoms with Gasteiger partial charge in [0, 0.05) is 62.0 Å². The predicted molar refractivity (Wildman–Crippen MR) is 282 cm³/mol. The van der Waals surface area contributed by atoms with E-state index < -0.39 is 84.1 Å². The Kier molecular flexibility index (Phi) is 20.9. The molecule has 0 spiro atoms. The summed E-state index contributed by atoms with van der Waals surface area (Å²) in [5.41, 5.74) is 4.71. The van der Waals surface area contributed by atoms with Crippen LogP contribution in [0.25, 0.3) is 10.9 Å². The van der Waals surface area contributed by atoms with E-state index in [9.17, 15) is 39.9 Å². The summed E-state index contributed by atoms with van der Waals surface area (Å²) in [7, 11) is 3.05. The minimum absolute atomic E-state index is 0.0326. The van der Waals surface area contributed by atoms with Gasteiger partial charge in [-0.2, -0.15) is 0 Å². The Morgan fingerprint density at radius 2 is 1.60 bits per heavy atom. The van der Waals surface area contributed by atoms with Crippen molar-refractivity contribution in [2.24, 2.45) is 35.5 Å². The third-order valence-corrected chi connectivity index (χ3v) is 17.0. The van der Waals surface area contributed by atoms with Crippen molar-refractivity contribution in [3.63, 3.8) is 0 Å². The molecule has 17 atom stereocenters. The van der Waals surface area contributed by atoms with Crippen molar-refractivity contribution in [2.75, 3.05) is 20.8 Å². The molecule has 6 rings (SSSR count). The number of fused-ring (bicyclic) bond motifs is 4. The van der Waals surface area contributed by atoms with Crippen LogP contribution < -0.4 is 0 Å². The fourth-order valence-corrected chi connectivity index (χ4v) is 12.2. The Morgan fingerprint density at radius 1 is 0.849 bits per heavy atom. The third kappa shape index (κ3) is 14.1. The topological polar surface area (TPSA) is 208 Å². The Hall–Kier alpha value is -3.99. The molecule has 2 bridgehead atoms. The van der Waals surface area contributed by atoms with Gasteiger partial charge in [-0.1, -0.05) is 94.8 Å². The first-order valence-corrected chi connectivity index (χ1v) is 27.2. The molecule has 0 radical (unpaired) electrons. The first-order valence-electron chi connectivity index (χ1n) is 27.2. The molecule has 2 saturated heterocycles. The smallest absolute Gasteiger partial charge is 0.329 e. The zero-order valence-corrected chi connectivity index (χ0v) is 45.2. The Morgan fingerprint density at radius 3 is 2.33 bits per heavy atom. The lowest BCUT2D eigenvalue weighted by Crippen LogP contribution is -2.60. The number of nitrogens with one attached hydrogen (secondary N) is 1. The number of ether oxygens (including phenoxy) is 4. The fourth-order valence-electron chi connectivity index (χ4n) is 12.2. The number of cyclic esters (lactones) is 1. The van der Waals surface area contributed by atoms with Crippen molar-refractivity contribution in [2.45, 2.75) is 199 Å². The summed E-state index contributed by atoms with van der Waals surface area (Å²) in [6.45, 7) is 15.5. The van der Waals surface area contributed by atoms with Crippen molar-refractivity contribution >= 4 is 28.6 Å². The maximum absolute atomic E-state index is 14.6. The number of allylic oxidation sites excluding steroid dienone is 6. The second kappa shape index (κ2) is 26.2. The first kappa shape index (κ1) is 58.3. The quantitative estimate of drug-likeness (QED) is 0.0918. The van der Waals surface area contributed by atoms with E-state index in [1.165, 1.54) is 12.0 Å². The van der Waals surface area contributed by atoms with E-state index in [1.54, 1.807) is 27.0 Å². The Bertz CT molecular complexity index is 2290. The van der Waals surface area contributed by atoms with E-state index in [4.69, 9.17) is 18.9 Å². The minimum Gasteiger partial charge on any atom is -0.460 e. The Balaban J connectivity index is 1.35. The van der Waals surface area contributed by atoms with Crippen LogP contribution in [0.2, 0.25) is 0 Å². The average molecular weight is 1020 g/mol. The van der Waals surface area contributed by atoms with Gasteiger partial charge in [0.25, 0.3) is 11.7 Å². The third-order valence-electron chi connectivity index (χ3n) is 17.0. The number of esters is 1. The molecule has 3 unspecified atom stereocenters. The number of aromatic amines is 1. The van der Waals surface area contributed by atoms with Gasteiger partial charge in [-0.25, -0.2) is 4.79 Å². The molecule has 4 aliphatic rings. The number of aromatic nitrogens is 1. The molecular formula is C59H88N2O12. The summed E-state index contributed by atoms with van der Waals surface area (Å²) < 4.78 is 24.2. The van der Waals surface area contributed by atoms with Crippen LogP contribution in [0.15, 0.2) is 72.0 Å². The largest absolute Gasteiger partial charge is 0.460 e. The van der Waals surface area contributed by atoms with Crippen molar-refractivity contribution in [3.05, 3.63) is 83.1 Å². The molecule has 6 N–H and O–H groups in total. The summed E-state index contributed by atoms with van der Waals surface area (Å²) in [6, 6.07) is 5.06. The summed E-state index contributed by atoms with van der Waals surface area (Å²) in [6.07, 6.45) is 13.4. The number of carbonyl (C=O) groups is 3. The normalized spacial score (nSPS) is 39.4. The summed E-state index contributed by atoms with van der Waals surface area (Å²) in [4.78, 5) is 48.5. The molecule has 4 heterocycles. The monoisotopic (exact) mass is 1020 g/mol. The lowest BCUT2D eigenvalue weighted by atomic mass is 9.78. The van der Waals surface area contributed by atoms with Gasteiger partial charge >= 0.3 is 5.97 Å². The van der Waals surface area contributed by atoms with E-state index in [-0.39, 0.29) is 55.1 Å². The molecule has 1 amide bonds. The van der Waals surface area contributed by atoms with Gasteiger partial charge in [0.05, 0.1) is 30.5 Å². The number of hydrogen-bond acceptors (Lipinski definition) is 12. The predicted octanol–water partition coefficient (Wildman–Crippen LogP) is 8.32. The van der Waals surface area contributed by atoms with Crippen LogP contribution in [0.5, 0.6) is 0 Å². The number of aliphatic hydroxyl groups is 5. The molecule has 14 heteroatoms. The number of H-pyrrole nitrogens is 1. The van der Waals surface area contributed by atoms with Crippen molar-refractivity contribution < 1.29 is 58.9 Å². The van der Waals surface area contributed by atoms with Crippen LogP contribution in [0, 0.1) is 42.4 Å². The number of benzene rings is 1. The van der Waals surface area contributed by atoms with E-state index >= 15 is 0 Å². The van der Waals surface area contributed by atoms with Crippen LogP contribution in [0.3, 0.4) is 0 Å². The van der Waals surface area contributed by atoms with E-state index in [0.717, 1.165) is 34.0 Å². The first-order chi connectivity index (χ1) is 34.7. The summed E-state index contributed by atoms with van der Waals surface area (Å²) in [5.74, 6) is -6.94. The molecule has 1 aromatic heterocycles. The maximum atomic E-state index is 14.6. The summed E-state index contributed by atoms with van der Waals surface area (Å²) >= 11 is 0. The number of carbonyl (C=O) groups excluding carboxylic acids is 3. The van der Waals surface area contributed by atoms with Crippen molar-refractivity contribution in [1.29, 1.82) is 0 Å². The average Bonchev–Trinajstić information content (AvgIpc) is 3.81. The van der Waals surface area contributed by atoms with Gasteiger partial charge in [-0.15, -0.1) is 0 Å². The lowest BCUT2D eigenvalue weighted by Gasteiger charge is -2.43. The van der Waals surface area contributed by atoms with E-state index in [2.05, 4.69) is 50.0 Å². The van der Waals surface area contributed by atoms with Gasteiger partial charge in [-0.3, -0.25) is 9.59 Å². The van der Waals surface area contributed by atoms with Gasteiger partial charge < -0.3 is 54.4 Å². The number of methoxy groups -OCH3 is 2. The number of para-hydroxylation sites is 1. The van der Waals surface area contributed by atoms with Gasteiger partial charge in [0.1, 0.15) is 24.4 Å². The molecule has 1 aromatic carbocycles. The number of rotatable bonds is 6. The molecule has 3 fully saturated rings. The fraction of sp³-hybridized carbons (Fsp3) is 0.678. The molecule has 3 aliphatic heterocycles. The second-order valence-electron chi connectivity index (χ2n) is 22.6. The highest BCUT2D eigenvalue weighted by Crippen LogP contribution is 2.42. The second-order valence-corrected chi connectivity index (χ2v) is 22.6. The van der Waals surface area contributed by atoms with Crippen LogP contribution in [-0.2, 0) is 33.3 Å².